The third kappa shape index (κ3) is 4.01. The zero-order chi connectivity index (χ0) is 13.8. The Hall–Kier alpha value is -0.940. The molecule has 19 heavy (non-hydrogen) atoms. The summed E-state index contributed by atoms with van der Waals surface area (Å²) in [6.07, 6.45) is 3.38. The van der Waals surface area contributed by atoms with Crippen LogP contribution >= 0.6 is 11.3 Å². The van der Waals surface area contributed by atoms with Crippen molar-refractivity contribution in [3.8, 4) is 0 Å². The molecule has 4 nitrogen and oxygen atoms in total. The van der Waals surface area contributed by atoms with Gasteiger partial charge < -0.3 is 5.11 Å². The van der Waals surface area contributed by atoms with Gasteiger partial charge in [0, 0.05) is 4.88 Å². The third-order valence-corrected chi connectivity index (χ3v) is 4.56. The lowest BCUT2D eigenvalue weighted by molar-refractivity contribution is -0.136. The molecule has 0 radical (unpaired) electrons. The molecule has 1 saturated heterocycles. The first-order chi connectivity index (χ1) is 9.06. The molecule has 0 saturated carbocycles. The predicted octanol–water partition coefficient (Wildman–Crippen LogP) is 2.88. The van der Waals surface area contributed by atoms with Gasteiger partial charge in [-0.15, -0.1) is 11.3 Å². The smallest absolute Gasteiger partial charge is 0.303 e. The van der Waals surface area contributed by atoms with Crippen molar-refractivity contribution in [2.75, 3.05) is 13.1 Å². The lowest BCUT2D eigenvalue weighted by Gasteiger charge is -2.11. The van der Waals surface area contributed by atoms with Gasteiger partial charge >= 0.3 is 5.97 Å². The van der Waals surface area contributed by atoms with Crippen LogP contribution in [-0.2, 0) is 17.8 Å². The molecule has 1 aromatic heterocycles. The predicted molar refractivity (Wildman–Crippen MR) is 76.7 cm³/mol. The molecule has 0 spiro atoms. The Morgan fingerprint density at radius 2 is 2.11 bits per heavy atom. The van der Waals surface area contributed by atoms with Crippen LogP contribution in [0.25, 0.3) is 0 Å². The fourth-order valence-corrected chi connectivity index (χ4v) is 3.73. The first-order valence-corrected chi connectivity index (χ1v) is 7.80. The normalized spacial score (nSPS) is 16.4. The molecule has 1 N–H and O–H groups in total. The molecule has 1 aliphatic heterocycles. The number of thiazole rings is 1. The molecule has 1 fully saturated rings. The van der Waals surface area contributed by atoms with Crippen LogP contribution in [0.4, 0.5) is 0 Å². The number of hydrogen-bond acceptors (Lipinski definition) is 4. The molecule has 5 heteroatoms. The van der Waals surface area contributed by atoms with E-state index in [1.165, 1.54) is 25.9 Å². The van der Waals surface area contributed by atoms with E-state index < -0.39 is 5.97 Å². The Morgan fingerprint density at radius 1 is 1.42 bits per heavy atom. The highest BCUT2D eigenvalue weighted by Gasteiger charge is 2.18. The summed E-state index contributed by atoms with van der Waals surface area (Å²) in [6, 6.07) is 0. The van der Waals surface area contributed by atoms with Crippen molar-refractivity contribution in [1.82, 2.24) is 9.88 Å². The largest absolute Gasteiger partial charge is 0.481 e. The summed E-state index contributed by atoms with van der Waals surface area (Å²) in [7, 11) is 0. The van der Waals surface area contributed by atoms with Crippen molar-refractivity contribution in [2.45, 2.75) is 52.0 Å². The topological polar surface area (TPSA) is 53.4 Å². The van der Waals surface area contributed by atoms with Crippen molar-refractivity contribution in [3.05, 3.63) is 15.6 Å². The Labute approximate surface area is 118 Å². The standard InChI is InChI=1S/C14H22N2O2S/c1-10(2)14-11(5-6-13(17)18)19-12(15-14)9-16-7-3-4-8-16/h10H,3-9H2,1-2H3,(H,17,18). The molecule has 1 aliphatic rings. The molecule has 2 heterocycles. The maximum Gasteiger partial charge on any atom is 0.303 e. The van der Waals surface area contributed by atoms with Gasteiger partial charge in [-0.2, -0.15) is 0 Å². The number of nitrogens with zero attached hydrogens (tertiary/aromatic N) is 2. The summed E-state index contributed by atoms with van der Waals surface area (Å²) in [6.45, 7) is 7.51. The minimum atomic E-state index is -0.732. The zero-order valence-corrected chi connectivity index (χ0v) is 12.5. The fourth-order valence-electron chi connectivity index (χ4n) is 2.46. The van der Waals surface area contributed by atoms with Crippen LogP contribution in [0, 0.1) is 0 Å². The van der Waals surface area contributed by atoms with E-state index in [9.17, 15) is 4.79 Å². The van der Waals surface area contributed by atoms with Gasteiger partial charge in [-0.25, -0.2) is 4.98 Å². The van der Waals surface area contributed by atoms with Crippen molar-refractivity contribution in [3.63, 3.8) is 0 Å². The minimum absolute atomic E-state index is 0.199. The number of aryl methyl sites for hydroxylation is 1. The monoisotopic (exact) mass is 282 g/mol. The maximum atomic E-state index is 10.7. The average molecular weight is 282 g/mol. The second kappa shape index (κ2) is 6.48. The fraction of sp³-hybridized carbons (Fsp3) is 0.714. The van der Waals surface area contributed by atoms with Crippen LogP contribution in [0.1, 0.15) is 54.6 Å². The van der Waals surface area contributed by atoms with Crippen LogP contribution in [0.15, 0.2) is 0 Å². The summed E-state index contributed by atoms with van der Waals surface area (Å²) in [5, 5.41) is 9.96. The van der Waals surface area contributed by atoms with E-state index in [0.717, 1.165) is 22.1 Å². The first kappa shape index (κ1) is 14.5. The van der Waals surface area contributed by atoms with Crippen molar-refractivity contribution in [2.24, 2.45) is 0 Å². The molecule has 106 valence electrons. The summed E-state index contributed by atoms with van der Waals surface area (Å²) in [5.41, 5.74) is 1.10. The first-order valence-electron chi connectivity index (χ1n) is 6.99. The lowest BCUT2D eigenvalue weighted by atomic mass is 10.1. The Bertz CT molecular complexity index is 437. The quantitative estimate of drug-likeness (QED) is 0.871. The van der Waals surface area contributed by atoms with Gasteiger partial charge in [0.25, 0.3) is 0 Å². The van der Waals surface area contributed by atoms with Crippen LogP contribution < -0.4 is 0 Å². The zero-order valence-electron chi connectivity index (χ0n) is 11.7. The van der Waals surface area contributed by atoms with E-state index in [2.05, 4.69) is 18.7 Å². The van der Waals surface area contributed by atoms with Crippen molar-refractivity contribution < 1.29 is 9.90 Å². The molecule has 0 unspecified atom stereocenters. The highest BCUT2D eigenvalue weighted by Crippen LogP contribution is 2.27. The Balaban J connectivity index is 2.07. The molecular formula is C14H22N2O2S. The van der Waals surface area contributed by atoms with Crippen LogP contribution in [0.3, 0.4) is 0 Å². The number of aromatic nitrogens is 1. The molecule has 0 aliphatic carbocycles. The van der Waals surface area contributed by atoms with E-state index in [4.69, 9.17) is 10.1 Å². The molecule has 0 bridgehead atoms. The molecule has 1 aromatic rings. The molecular weight excluding hydrogens is 260 g/mol. The number of carboxylic acid groups (broad SMARTS) is 1. The van der Waals surface area contributed by atoms with Gasteiger partial charge in [0.2, 0.25) is 0 Å². The van der Waals surface area contributed by atoms with E-state index in [1.54, 1.807) is 11.3 Å². The van der Waals surface area contributed by atoms with E-state index in [0.29, 0.717) is 12.3 Å². The number of likely N-dealkylation sites (tertiary alicyclic amines) is 1. The SMILES string of the molecule is CC(C)c1nc(CN2CCCC2)sc1CCC(=O)O. The van der Waals surface area contributed by atoms with Gasteiger partial charge in [-0.3, -0.25) is 9.69 Å². The summed E-state index contributed by atoms with van der Waals surface area (Å²) < 4.78 is 0. The van der Waals surface area contributed by atoms with Gasteiger partial charge in [-0.05, 0) is 38.3 Å². The number of carbonyl (C=O) groups is 1. The lowest BCUT2D eigenvalue weighted by Crippen LogP contribution is -2.18. The number of hydrogen-bond donors (Lipinski definition) is 1. The molecule has 0 aromatic carbocycles. The van der Waals surface area contributed by atoms with E-state index in [-0.39, 0.29) is 6.42 Å². The number of carboxylic acids is 1. The summed E-state index contributed by atoms with van der Waals surface area (Å²) in [5.74, 6) is -0.364. The van der Waals surface area contributed by atoms with Gasteiger partial charge in [0.05, 0.1) is 18.7 Å². The van der Waals surface area contributed by atoms with E-state index >= 15 is 0 Å². The number of rotatable bonds is 6. The molecule has 0 atom stereocenters. The second-order valence-corrected chi connectivity index (χ2v) is 6.62. The van der Waals surface area contributed by atoms with E-state index in [1.807, 2.05) is 0 Å². The van der Waals surface area contributed by atoms with Gasteiger partial charge in [-0.1, -0.05) is 13.8 Å². The van der Waals surface area contributed by atoms with Crippen LogP contribution in [-0.4, -0.2) is 34.0 Å². The highest BCUT2D eigenvalue weighted by molar-refractivity contribution is 7.11. The van der Waals surface area contributed by atoms with Gasteiger partial charge in [0.15, 0.2) is 0 Å². The van der Waals surface area contributed by atoms with Crippen LogP contribution in [0.5, 0.6) is 0 Å². The molecule has 0 amide bonds. The van der Waals surface area contributed by atoms with Crippen molar-refractivity contribution in [1.29, 1.82) is 0 Å². The average Bonchev–Trinajstić information content (AvgIpc) is 2.96. The molecule has 2 rings (SSSR count). The Kier molecular flexibility index (Phi) is 4.93. The third-order valence-electron chi connectivity index (χ3n) is 3.44. The second-order valence-electron chi connectivity index (χ2n) is 5.45. The number of aliphatic carboxylic acids is 1. The maximum absolute atomic E-state index is 10.7. The van der Waals surface area contributed by atoms with Gasteiger partial charge in [0.1, 0.15) is 5.01 Å². The van der Waals surface area contributed by atoms with Crippen LogP contribution in [0.2, 0.25) is 0 Å². The highest BCUT2D eigenvalue weighted by atomic mass is 32.1. The Morgan fingerprint density at radius 3 is 2.68 bits per heavy atom. The summed E-state index contributed by atoms with van der Waals surface area (Å²) >= 11 is 1.70. The minimum Gasteiger partial charge on any atom is -0.481 e. The van der Waals surface area contributed by atoms with Crippen molar-refractivity contribution >= 4 is 17.3 Å². The summed E-state index contributed by atoms with van der Waals surface area (Å²) in [4.78, 5) is 19.0.